The Bertz CT molecular complexity index is 1420. The largest absolute Gasteiger partial charge is 0.466 e. The smallest absolute Gasteiger partial charge is 0.409 e. The molecule has 2 saturated heterocycles. The van der Waals surface area contributed by atoms with E-state index in [-0.39, 0.29) is 53.2 Å². The van der Waals surface area contributed by atoms with E-state index in [1.165, 1.54) is 12.1 Å². The molecule has 3 fully saturated rings. The number of carbonyl (C=O) groups excluding carboxylic acids is 4. The second kappa shape index (κ2) is 14.4. The van der Waals surface area contributed by atoms with Gasteiger partial charge in [0.15, 0.2) is 5.82 Å². The maximum absolute atomic E-state index is 13.7. The molecule has 0 bridgehead atoms. The van der Waals surface area contributed by atoms with E-state index in [2.05, 4.69) is 10.3 Å². The molecule has 0 radical (unpaired) electrons. The highest BCUT2D eigenvalue weighted by molar-refractivity contribution is 5.97. The van der Waals surface area contributed by atoms with Gasteiger partial charge in [-0.1, -0.05) is 27.2 Å². The molecule has 3 aliphatic rings. The van der Waals surface area contributed by atoms with Gasteiger partial charge >= 0.3 is 12.1 Å². The highest BCUT2D eigenvalue weighted by atomic mass is 19.1. The van der Waals surface area contributed by atoms with Gasteiger partial charge in [0.05, 0.1) is 19.1 Å². The van der Waals surface area contributed by atoms with Crippen LogP contribution in [0.15, 0.2) is 30.3 Å². The molecule has 1 aromatic carbocycles. The molecule has 4 atom stereocenters. The first-order chi connectivity index (χ1) is 22.1. The number of ether oxygens (including phenoxy) is 2. The first kappa shape index (κ1) is 33.1. The Morgan fingerprint density at radius 2 is 1.61 bits per heavy atom. The van der Waals surface area contributed by atoms with Crippen LogP contribution in [-0.4, -0.2) is 102 Å². The van der Waals surface area contributed by atoms with Crippen molar-refractivity contribution in [3.63, 3.8) is 0 Å². The predicted molar refractivity (Wildman–Crippen MR) is 167 cm³/mol. The lowest BCUT2D eigenvalue weighted by molar-refractivity contribution is -0.145. The van der Waals surface area contributed by atoms with Gasteiger partial charge in [-0.05, 0) is 55.4 Å². The summed E-state index contributed by atoms with van der Waals surface area (Å²) < 4.78 is 24.2. The van der Waals surface area contributed by atoms with Crippen LogP contribution < -0.4 is 10.2 Å². The third kappa shape index (κ3) is 7.39. The minimum absolute atomic E-state index is 0.0740. The first-order valence-electron chi connectivity index (χ1n) is 16.2. The highest BCUT2D eigenvalue weighted by Crippen LogP contribution is 2.53. The lowest BCUT2D eigenvalue weighted by Gasteiger charge is -2.36. The van der Waals surface area contributed by atoms with Gasteiger partial charge < -0.3 is 29.5 Å². The van der Waals surface area contributed by atoms with Crippen molar-refractivity contribution < 1.29 is 33.0 Å². The summed E-state index contributed by atoms with van der Waals surface area (Å²) in [5.41, 5.74) is 0.610. The van der Waals surface area contributed by atoms with Crippen LogP contribution >= 0.6 is 0 Å². The number of unbranched alkanes of at least 4 members (excludes halogenated alkanes) is 1. The van der Waals surface area contributed by atoms with Crippen LogP contribution in [0.4, 0.5) is 15.0 Å². The minimum Gasteiger partial charge on any atom is -0.466 e. The number of halogens is 1. The van der Waals surface area contributed by atoms with Crippen molar-refractivity contribution >= 4 is 29.7 Å². The monoisotopic (exact) mass is 638 g/mol. The number of piperidine rings is 1. The van der Waals surface area contributed by atoms with E-state index in [0.29, 0.717) is 63.9 Å². The Balaban J connectivity index is 1.29. The second-order valence-electron chi connectivity index (χ2n) is 12.4. The van der Waals surface area contributed by atoms with E-state index >= 15 is 0 Å². The first-order valence-corrected chi connectivity index (χ1v) is 16.2. The lowest BCUT2D eigenvalue weighted by atomic mass is 10.0. The lowest BCUT2D eigenvalue weighted by Crippen LogP contribution is -2.57. The van der Waals surface area contributed by atoms with Gasteiger partial charge in [0, 0.05) is 50.9 Å². The predicted octanol–water partition coefficient (Wildman–Crippen LogP) is 3.36. The Morgan fingerprint density at radius 1 is 0.957 bits per heavy atom. The number of aromatic nitrogens is 2. The Morgan fingerprint density at radius 3 is 2.22 bits per heavy atom. The average molecular weight is 639 g/mol. The number of anilines is 1. The average Bonchev–Trinajstić information content (AvgIpc) is 3.56. The summed E-state index contributed by atoms with van der Waals surface area (Å²) in [6, 6.07) is 6.48. The molecule has 0 spiro atoms. The van der Waals surface area contributed by atoms with Crippen LogP contribution in [-0.2, 0) is 19.1 Å². The number of nitrogens with zero attached hydrogens (tertiary/aromatic N) is 5. The number of hydrogen-bond donors (Lipinski definition) is 1. The second-order valence-corrected chi connectivity index (χ2v) is 12.4. The van der Waals surface area contributed by atoms with Crippen molar-refractivity contribution in [3.05, 3.63) is 41.8 Å². The molecule has 3 heterocycles. The maximum Gasteiger partial charge on any atom is 0.409 e. The number of nitrogens with one attached hydrogen (secondary N) is 1. The molecule has 248 valence electrons. The molecule has 1 aromatic heterocycles. The van der Waals surface area contributed by atoms with E-state index in [1.807, 2.05) is 25.7 Å². The maximum atomic E-state index is 13.7. The Labute approximate surface area is 268 Å². The van der Waals surface area contributed by atoms with Crippen LogP contribution in [0.25, 0.3) is 11.4 Å². The van der Waals surface area contributed by atoms with Crippen molar-refractivity contribution in [2.45, 2.75) is 46.6 Å². The normalized spacial score (nSPS) is 21.1. The zero-order chi connectivity index (χ0) is 33.0. The number of fused-ring (bicyclic) bond motifs is 1. The molecule has 1 saturated carbocycles. The van der Waals surface area contributed by atoms with Gasteiger partial charge in [0.25, 0.3) is 5.91 Å². The summed E-state index contributed by atoms with van der Waals surface area (Å²) >= 11 is 0. The van der Waals surface area contributed by atoms with Gasteiger partial charge in [0.1, 0.15) is 23.4 Å². The summed E-state index contributed by atoms with van der Waals surface area (Å²) in [6.45, 7) is 10.8. The molecular formula is C33H43FN6O6. The molecular weight excluding hydrogens is 595 g/mol. The summed E-state index contributed by atoms with van der Waals surface area (Å²) in [5.74, 6) is -0.626. The van der Waals surface area contributed by atoms with Gasteiger partial charge in [-0.2, -0.15) is 0 Å². The molecule has 12 nitrogen and oxygen atoms in total. The summed E-state index contributed by atoms with van der Waals surface area (Å²) in [4.78, 5) is 66.5. The standard InChI is InChI=1S/C33H43FN6O6/c1-5-7-16-46-33(44)39-14-12-38(13-15-39)31(42)28(20(3)4)37-30(41)25-17-26(36-29(35-25)21-8-10-22(34)11-9-21)40-18-23-24(19-40)27(23)32(43)45-6-2/h8-11,17,20,23-24,27-28H,5-7,12-16,18-19H2,1-4H3,(H,37,41)/t23-,24+,27?,28-/m0/s1. The number of benzene rings is 1. The van der Waals surface area contributed by atoms with E-state index in [1.54, 1.807) is 34.9 Å². The fourth-order valence-electron chi connectivity index (χ4n) is 6.17. The van der Waals surface area contributed by atoms with Crippen LogP contribution in [0.2, 0.25) is 0 Å². The minimum atomic E-state index is -0.826. The third-order valence-corrected chi connectivity index (χ3v) is 8.92. The Kier molecular flexibility index (Phi) is 10.4. The zero-order valence-electron chi connectivity index (χ0n) is 26.9. The molecule has 2 aliphatic heterocycles. The van der Waals surface area contributed by atoms with Crippen LogP contribution in [0.1, 0.15) is 51.0 Å². The number of rotatable bonds is 11. The molecule has 13 heteroatoms. The van der Waals surface area contributed by atoms with Crippen molar-refractivity contribution in [1.82, 2.24) is 25.1 Å². The number of piperazine rings is 1. The molecule has 1 unspecified atom stereocenters. The van der Waals surface area contributed by atoms with Crippen molar-refractivity contribution in [3.8, 4) is 11.4 Å². The van der Waals surface area contributed by atoms with Crippen molar-refractivity contribution in [1.29, 1.82) is 0 Å². The number of amides is 3. The molecule has 2 aromatic rings. The fraction of sp³-hybridized carbons (Fsp3) is 0.576. The molecule has 46 heavy (non-hydrogen) atoms. The van der Waals surface area contributed by atoms with E-state index in [4.69, 9.17) is 14.5 Å². The van der Waals surface area contributed by atoms with Gasteiger partial charge in [-0.25, -0.2) is 19.2 Å². The molecule has 1 aliphatic carbocycles. The quantitative estimate of drug-likeness (QED) is 0.291. The topological polar surface area (TPSA) is 134 Å². The Hall–Kier alpha value is -4.29. The third-order valence-electron chi connectivity index (χ3n) is 8.92. The van der Waals surface area contributed by atoms with Crippen molar-refractivity contribution in [2.24, 2.45) is 23.7 Å². The number of hydrogen-bond acceptors (Lipinski definition) is 9. The number of carbonyl (C=O) groups is 4. The SMILES string of the molecule is CCCCOC(=O)N1CCN(C(=O)[C@@H](NC(=O)c2cc(N3C[C@@H]4C(C(=O)OCC)[C@@H]4C3)nc(-c3ccc(F)cc3)n2)C(C)C)CC1. The zero-order valence-corrected chi connectivity index (χ0v) is 26.9. The fourth-order valence-corrected chi connectivity index (χ4v) is 6.17. The van der Waals surface area contributed by atoms with Gasteiger partial charge in [-0.15, -0.1) is 0 Å². The molecule has 1 N–H and O–H groups in total. The van der Waals surface area contributed by atoms with E-state index < -0.39 is 17.8 Å². The van der Waals surface area contributed by atoms with Crippen molar-refractivity contribution in [2.75, 3.05) is 57.4 Å². The van der Waals surface area contributed by atoms with Crippen LogP contribution in [0.3, 0.4) is 0 Å². The molecule has 3 amide bonds. The van der Waals surface area contributed by atoms with Gasteiger partial charge in [-0.3, -0.25) is 14.4 Å². The van der Waals surface area contributed by atoms with E-state index in [9.17, 15) is 23.6 Å². The summed E-state index contributed by atoms with van der Waals surface area (Å²) in [5, 5.41) is 2.89. The molecule has 5 rings (SSSR count). The van der Waals surface area contributed by atoms with Gasteiger partial charge in [0.2, 0.25) is 5.91 Å². The van der Waals surface area contributed by atoms with Crippen LogP contribution in [0.5, 0.6) is 0 Å². The highest BCUT2D eigenvalue weighted by Gasteiger charge is 2.60. The summed E-state index contributed by atoms with van der Waals surface area (Å²) in [6.07, 6.45) is 1.35. The van der Waals surface area contributed by atoms with Crippen LogP contribution in [0, 0.1) is 29.5 Å². The van der Waals surface area contributed by atoms with E-state index in [0.717, 1.165) is 12.8 Å². The number of esters is 1. The summed E-state index contributed by atoms with van der Waals surface area (Å²) in [7, 11) is 0.